The topological polar surface area (TPSA) is 24.4 Å². The maximum atomic E-state index is 4.45. The molecule has 0 spiro atoms. The van der Waals surface area contributed by atoms with Crippen LogP contribution in [0, 0.1) is 0 Å². The third-order valence-corrected chi connectivity index (χ3v) is 3.36. The molecular formula is C11H14N2S. The summed E-state index contributed by atoms with van der Waals surface area (Å²) >= 11 is 1.83. The Hall–Kier alpha value is -0.960. The van der Waals surface area contributed by atoms with Crippen LogP contribution < -0.4 is 5.32 Å². The Bertz CT molecular complexity index is 321. The second-order valence-corrected chi connectivity index (χ2v) is 4.38. The van der Waals surface area contributed by atoms with Crippen molar-refractivity contribution in [1.29, 1.82) is 0 Å². The monoisotopic (exact) mass is 206 g/mol. The summed E-state index contributed by atoms with van der Waals surface area (Å²) in [6.07, 6.45) is 0. The number of benzene rings is 1. The van der Waals surface area contributed by atoms with Crippen molar-refractivity contribution in [1.82, 2.24) is 5.32 Å². The highest BCUT2D eigenvalue weighted by molar-refractivity contribution is 8.14. The summed E-state index contributed by atoms with van der Waals surface area (Å²) < 4.78 is 0. The number of hydrogen-bond donors (Lipinski definition) is 1. The molecule has 1 heterocycles. The van der Waals surface area contributed by atoms with E-state index in [1.807, 2.05) is 11.8 Å². The van der Waals surface area contributed by atoms with E-state index in [0.29, 0.717) is 5.25 Å². The molecule has 1 atom stereocenters. The Kier molecular flexibility index (Phi) is 3.09. The van der Waals surface area contributed by atoms with E-state index in [1.165, 1.54) is 5.56 Å². The van der Waals surface area contributed by atoms with Crippen LogP contribution in [0.25, 0.3) is 0 Å². The van der Waals surface area contributed by atoms with Crippen LogP contribution in [0.3, 0.4) is 0 Å². The summed E-state index contributed by atoms with van der Waals surface area (Å²) in [6, 6.07) is 10.6. The van der Waals surface area contributed by atoms with E-state index in [2.05, 4.69) is 47.6 Å². The Morgan fingerprint density at radius 2 is 2.21 bits per heavy atom. The molecule has 0 saturated heterocycles. The molecule has 2 nitrogen and oxygen atoms in total. The molecule has 0 bridgehead atoms. The highest BCUT2D eigenvalue weighted by Crippen LogP contribution is 2.33. The lowest BCUT2D eigenvalue weighted by atomic mass is 10.1. The van der Waals surface area contributed by atoms with Gasteiger partial charge in [-0.2, -0.15) is 0 Å². The van der Waals surface area contributed by atoms with Crippen molar-refractivity contribution in [2.24, 2.45) is 4.99 Å². The van der Waals surface area contributed by atoms with Gasteiger partial charge in [0, 0.05) is 6.54 Å². The Labute approximate surface area is 88.8 Å². The first-order valence-corrected chi connectivity index (χ1v) is 5.78. The molecule has 1 aromatic rings. The molecule has 0 fully saturated rings. The highest BCUT2D eigenvalue weighted by atomic mass is 32.2. The van der Waals surface area contributed by atoms with Gasteiger partial charge in [-0.25, -0.2) is 0 Å². The largest absolute Gasteiger partial charge is 0.365 e. The first kappa shape index (κ1) is 9.59. The van der Waals surface area contributed by atoms with Crippen LogP contribution >= 0.6 is 11.8 Å². The fourth-order valence-corrected chi connectivity index (χ4v) is 2.55. The molecular weight excluding hydrogens is 192 g/mol. The van der Waals surface area contributed by atoms with Gasteiger partial charge in [-0.15, -0.1) is 0 Å². The second kappa shape index (κ2) is 4.51. The Morgan fingerprint density at radius 1 is 1.43 bits per heavy atom. The van der Waals surface area contributed by atoms with Gasteiger partial charge in [0.05, 0.1) is 11.8 Å². The van der Waals surface area contributed by atoms with E-state index >= 15 is 0 Å². The zero-order valence-corrected chi connectivity index (χ0v) is 9.05. The summed E-state index contributed by atoms with van der Waals surface area (Å²) in [4.78, 5) is 4.45. The van der Waals surface area contributed by atoms with Gasteiger partial charge >= 0.3 is 0 Å². The van der Waals surface area contributed by atoms with Crippen molar-refractivity contribution < 1.29 is 0 Å². The van der Waals surface area contributed by atoms with Crippen molar-refractivity contribution in [2.75, 3.05) is 13.1 Å². The third-order valence-electron chi connectivity index (χ3n) is 2.15. The van der Waals surface area contributed by atoms with Crippen LogP contribution in [0.1, 0.15) is 17.7 Å². The summed E-state index contributed by atoms with van der Waals surface area (Å²) in [6.45, 7) is 3.95. The molecule has 0 amide bonds. The zero-order chi connectivity index (χ0) is 9.80. The van der Waals surface area contributed by atoms with Gasteiger partial charge in [0.15, 0.2) is 5.17 Å². The van der Waals surface area contributed by atoms with Crippen molar-refractivity contribution in [3.05, 3.63) is 35.9 Å². The van der Waals surface area contributed by atoms with E-state index in [1.54, 1.807) is 0 Å². The van der Waals surface area contributed by atoms with Gasteiger partial charge in [-0.05, 0) is 12.5 Å². The lowest BCUT2D eigenvalue weighted by molar-refractivity contribution is 0.941. The molecule has 0 unspecified atom stereocenters. The summed E-state index contributed by atoms with van der Waals surface area (Å²) in [5.74, 6) is 0. The predicted molar refractivity (Wildman–Crippen MR) is 62.8 cm³/mol. The smallest absolute Gasteiger partial charge is 0.157 e. The molecule has 2 rings (SSSR count). The fourth-order valence-electron chi connectivity index (χ4n) is 1.47. The number of hydrogen-bond acceptors (Lipinski definition) is 3. The lowest BCUT2D eigenvalue weighted by Gasteiger charge is -2.08. The molecule has 0 aromatic heterocycles. The van der Waals surface area contributed by atoms with Gasteiger partial charge in [0.25, 0.3) is 0 Å². The third kappa shape index (κ3) is 2.10. The second-order valence-electron chi connectivity index (χ2n) is 3.19. The molecule has 3 heteroatoms. The van der Waals surface area contributed by atoms with Gasteiger partial charge in [-0.1, -0.05) is 42.1 Å². The van der Waals surface area contributed by atoms with Crippen LogP contribution in [0.4, 0.5) is 0 Å². The van der Waals surface area contributed by atoms with Crippen molar-refractivity contribution >= 4 is 16.9 Å². The number of thioether (sulfide) groups is 1. The minimum atomic E-state index is 0.505. The van der Waals surface area contributed by atoms with E-state index < -0.39 is 0 Å². The molecule has 1 aromatic carbocycles. The molecule has 14 heavy (non-hydrogen) atoms. The van der Waals surface area contributed by atoms with Gasteiger partial charge in [0.1, 0.15) is 0 Å². The van der Waals surface area contributed by atoms with E-state index in [0.717, 1.165) is 18.3 Å². The van der Waals surface area contributed by atoms with Gasteiger partial charge in [0.2, 0.25) is 0 Å². The molecule has 0 aliphatic carbocycles. The average Bonchev–Trinajstić information content (AvgIpc) is 2.68. The molecule has 74 valence electrons. The van der Waals surface area contributed by atoms with E-state index in [-0.39, 0.29) is 0 Å². The quantitative estimate of drug-likeness (QED) is 0.803. The SMILES string of the molecule is CCNC1=NC[C@@H](c2ccccc2)S1. The fraction of sp³-hybridized carbons (Fsp3) is 0.364. The van der Waals surface area contributed by atoms with E-state index in [9.17, 15) is 0 Å². The molecule has 0 saturated carbocycles. The maximum absolute atomic E-state index is 4.45. The van der Waals surface area contributed by atoms with Crippen LogP contribution in [-0.2, 0) is 0 Å². The summed E-state index contributed by atoms with van der Waals surface area (Å²) in [5.41, 5.74) is 1.37. The first-order valence-electron chi connectivity index (χ1n) is 4.90. The van der Waals surface area contributed by atoms with Crippen molar-refractivity contribution in [3.63, 3.8) is 0 Å². The minimum Gasteiger partial charge on any atom is -0.365 e. The number of rotatable bonds is 2. The Morgan fingerprint density at radius 3 is 2.93 bits per heavy atom. The maximum Gasteiger partial charge on any atom is 0.157 e. The zero-order valence-electron chi connectivity index (χ0n) is 8.23. The van der Waals surface area contributed by atoms with Crippen molar-refractivity contribution in [3.8, 4) is 0 Å². The first-order chi connectivity index (χ1) is 6.90. The predicted octanol–water partition coefficient (Wildman–Crippen LogP) is 2.44. The standard InChI is InChI=1S/C11H14N2S/c1-2-12-11-13-8-10(14-11)9-6-4-3-5-7-9/h3-7,10H,2,8H2,1H3,(H,12,13)/t10-/m0/s1. The summed E-state index contributed by atoms with van der Waals surface area (Å²) in [7, 11) is 0. The van der Waals surface area contributed by atoms with Crippen LogP contribution in [0.15, 0.2) is 35.3 Å². The molecule has 1 aliphatic heterocycles. The number of nitrogens with one attached hydrogen (secondary N) is 1. The van der Waals surface area contributed by atoms with E-state index in [4.69, 9.17) is 0 Å². The highest BCUT2D eigenvalue weighted by Gasteiger charge is 2.20. The molecule has 0 radical (unpaired) electrons. The number of aliphatic imine (C=N–C) groups is 1. The van der Waals surface area contributed by atoms with Gasteiger partial charge in [-0.3, -0.25) is 4.99 Å². The number of amidine groups is 1. The van der Waals surface area contributed by atoms with Crippen LogP contribution in [-0.4, -0.2) is 18.3 Å². The Balaban J connectivity index is 1.99. The number of nitrogens with zero attached hydrogens (tertiary/aromatic N) is 1. The van der Waals surface area contributed by atoms with Crippen LogP contribution in [0.5, 0.6) is 0 Å². The van der Waals surface area contributed by atoms with Crippen molar-refractivity contribution in [2.45, 2.75) is 12.2 Å². The molecule has 1 aliphatic rings. The van der Waals surface area contributed by atoms with Crippen LogP contribution in [0.2, 0.25) is 0 Å². The van der Waals surface area contributed by atoms with Gasteiger partial charge < -0.3 is 5.32 Å². The summed E-state index contributed by atoms with van der Waals surface area (Å²) in [5, 5.41) is 4.85. The minimum absolute atomic E-state index is 0.505. The molecule has 1 N–H and O–H groups in total. The lowest BCUT2D eigenvalue weighted by Crippen LogP contribution is -2.17. The normalized spacial score (nSPS) is 20.6. The average molecular weight is 206 g/mol.